The van der Waals surface area contributed by atoms with E-state index in [-0.39, 0.29) is 12.4 Å². The Hall–Kier alpha value is -0.880. The van der Waals surface area contributed by atoms with Crippen LogP contribution in [0.1, 0.15) is 18.2 Å². The van der Waals surface area contributed by atoms with Crippen LogP contribution >= 0.6 is 28.3 Å². The van der Waals surface area contributed by atoms with Crippen molar-refractivity contribution in [3.8, 4) is 5.69 Å². The number of hydrogen-bond acceptors (Lipinski definition) is 3. The number of aromatic nitrogens is 2. The molecule has 1 N–H and O–H groups in total. The Morgan fingerprint density at radius 1 is 1.32 bits per heavy atom. The molecule has 22 heavy (non-hydrogen) atoms. The lowest BCUT2D eigenvalue weighted by Crippen LogP contribution is -2.48. The average molecular weight is 386 g/mol. The third-order valence-corrected chi connectivity index (χ3v) is 4.47. The largest absolute Gasteiger partial charge is 0.312 e. The second-order valence-electron chi connectivity index (χ2n) is 5.75. The highest BCUT2D eigenvalue weighted by Gasteiger charge is 2.17. The maximum atomic E-state index is 4.65. The van der Waals surface area contributed by atoms with Crippen molar-refractivity contribution in [1.82, 2.24) is 20.0 Å². The second kappa shape index (κ2) is 7.59. The van der Waals surface area contributed by atoms with E-state index in [9.17, 15) is 0 Å². The molecule has 2 aromatic rings. The average Bonchev–Trinajstić information content (AvgIpc) is 2.81. The zero-order valence-electron chi connectivity index (χ0n) is 12.9. The highest BCUT2D eigenvalue weighted by molar-refractivity contribution is 9.10. The molecule has 0 amide bonds. The van der Waals surface area contributed by atoms with E-state index in [1.54, 1.807) is 0 Å². The van der Waals surface area contributed by atoms with Gasteiger partial charge in [-0.05, 0) is 38.1 Å². The molecule has 0 radical (unpaired) electrons. The van der Waals surface area contributed by atoms with Gasteiger partial charge in [-0.25, -0.2) is 4.68 Å². The van der Waals surface area contributed by atoms with Crippen molar-refractivity contribution >= 4 is 28.3 Å². The monoisotopic (exact) mass is 384 g/mol. The van der Waals surface area contributed by atoms with Crippen molar-refractivity contribution in [1.29, 1.82) is 0 Å². The molecular weight excluding hydrogens is 364 g/mol. The molecule has 1 aliphatic rings. The molecule has 6 heteroatoms. The van der Waals surface area contributed by atoms with Gasteiger partial charge in [-0.15, -0.1) is 12.4 Å². The molecule has 1 fully saturated rings. The smallest absolute Gasteiger partial charge is 0.0646 e. The van der Waals surface area contributed by atoms with E-state index in [1.807, 2.05) is 16.8 Å². The topological polar surface area (TPSA) is 33.1 Å². The minimum absolute atomic E-state index is 0. The molecule has 1 unspecified atom stereocenters. The van der Waals surface area contributed by atoms with Crippen LogP contribution in [0.4, 0.5) is 0 Å². The van der Waals surface area contributed by atoms with Crippen molar-refractivity contribution in [3.05, 3.63) is 46.2 Å². The van der Waals surface area contributed by atoms with Crippen LogP contribution in [-0.4, -0.2) is 40.4 Å². The lowest BCUT2D eigenvalue weighted by molar-refractivity contribution is 0.199. The van der Waals surface area contributed by atoms with Crippen molar-refractivity contribution in [2.45, 2.75) is 26.4 Å². The second-order valence-corrected chi connectivity index (χ2v) is 6.67. The number of aryl methyl sites for hydroxylation is 1. The molecule has 0 saturated carbocycles. The van der Waals surface area contributed by atoms with Crippen LogP contribution in [-0.2, 0) is 6.54 Å². The van der Waals surface area contributed by atoms with Gasteiger partial charge in [0.15, 0.2) is 0 Å². The molecule has 0 spiro atoms. The third-order valence-electron chi connectivity index (χ3n) is 3.94. The zero-order valence-corrected chi connectivity index (χ0v) is 15.3. The van der Waals surface area contributed by atoms with Gasteiger partial charge in [0.1, 0.15) is 0 Å². The van der Waals surface area contributed by atoms with Gasteiger partial charge in [-0.3, -0.25) is 4.90 Å². The van der Waals surface area contributed by atoms with E-state index in [0.29, 0.717) is 6.04 Å². The summed E-state index contributed by atoms with van der Waals surface area (Å²) in [5.41, 5.74) is 3.53. The Morgan fingerprint density at radius 3 is 2.73 bits per heavy atom. The Morgan fingerprint density at radius 2 is 2.05 bits per heavy atom. The molecule has 120 valence electrons. The lowest BCUT2D eigenvalue weighted by atomic mass is 10.2. The molecule has 4 nitrogen and oxygen atoms in total. The summed E-state index contributed by atoms with van der Waals surface area (Å²) in [5.74, 6) is 0. The van der Waals surface area contributed by atoms with Crippen LogP contribution in [0, 0.1) is 6.92 Å². The molecule has 1 aliphatic heterocycles. The van der Waals surface area contributed by atoms with Gasteiger partial charge >= 0.3 is 0 Å². The number of nitrogens with zero attached hydrogens (tertiary/aromatic N) is 3. The van der Waals surface area contributed by atoms with Crippen LogP contribution in [0.25, 0.3) is 5.69 Å². The van der Waals surface area contributed by atoms with Gasteiger partial charge < -0.3 is 5.32 Å². The van der Waals surface area contributed by atoms with Crippen molar-refractivity contribution < 1.29 is 0 Å². The lowest BCUT2D eigenvalue weighted by Gasteiger charge is -2.31. The summed E-state index contributed by atoms with van der Waals surface area (Å²) in [4.78, 5) is 2.50. The first kappa shape index (κ1) is 17.5. The highest BCUT2D eigenvalue weighted by Crippen LogP contribution is 2.17. The number of rotatable bonds is 3. The van der Waals surface area contributed by atoms with E-state index >= 15 is 0 Å². The Labute approximate surface area is 146 Å². The fourth-order valence-electron chi connectivity index (χ4n) is 2.77. The standard InChI is InChI=1S/C16H21BrN4.ClH/c1-12-9-20(8-7-18-12)10-14-11-21(19-13(14)2)16-5-3-15(17)4-6-16;/h3-6,11-12,18H,7-10H2,1-2H3;1H. The van der Waals surface area contributed by atoms with E-state index in [4.69, 9.17) is 0 Å². The van der Waals surface area contributed by atoms with Gasteiger partial charge in [0.25, 0.3) is 0 Å². The molecule has 1 saturated heterocycles. The van der Waals surface area contributed by atoms with E-state index < -0.39 is 0 Å². The fourth-order valence-corrected chi connectivity index (χ4v) is 3.04. The normalized spacial score (nSPS) is 19.0. The van der Waals surface area contributed by atoms with E-state index in [2.05, 4.69) is 63.4 Å². The molecule has 0 bridgehead atoms. The quantitative estimate of drug-likeness (QED) is 0.881. The maximum absolute atomic E-state index is 4.65. The minimum atomic E-state index is 0. The van der Waals surface area contributed by atoms with Gasteiger partial charge in [0.2, 0.25) is 0 Å². The van der Waals surface area contributed by atoms with Crippen molar-refractivity contribution in [2.24, 2.45) is 0 Å². The predicted octanol–water partition coefficient (Wildman–Crippen LogP) is 3.16. The van der Waals surface area contributed by atoms with Gasteiger partial charge in [0.05, 0.1) is 11.4 Å². The highest BCUT2D eigenvalue weighted by atomic mass is 79.9. The first-order valence-electron chi connectivity index (χ1n) is 7.38. The Bertz CT molecular complexity index is 611. The number of hydrogen-bond donors (Lipinski definition) is 1. The first-order chi connectivity index (χ1) is 10.1. The number of halogens is 2. The molecule has 2 heterocycles. The SMILES string of the molecule is Cc1nn(-c2ccc(Br)cc2)cc1CN1CCNC(C)C1.Cl. The van der Waals surface area contributed by atoms with Crippen LogP contribution < -0.4 is 5.32 Å². The zero-order chi connectivity index (χ0) is 14.8. The summed E-state index contributed by atoms with van der Waals surface area (Å²) < 4.78 is 3.06. The summed E-state index contributed by atoms with van der Waals surface area (Å²) in [6, 6.07) is 8.81. The molecule has 1 atom stereocenters. The summed E-state index contributed by atoms with van der Waals surface area (Å²) in [6.07, 6.45) is 2.16. The van der Waals surface area contributed by atoms with Crippen LogP contribution in [0.5, 0.6) is 0 Å². The van der Waals surface area contributed by atoms with E-state index in [0.717, 1.165) is 42.0 Å². The Kier molecular flexibility index (Phi) is 6.03. The molecule has 1 aromatic carbocycles. The number of piperazine rings is 1. The van der Waals surface area contributed by atoms with Gasteiger partial charge in [0, 0.05) is 48.5 Å². The van der Waals surface area contributed by atoms with Crippen LogP contribution in [0.2, 0.25) is 0 Å². The molecular formula is C16H22BrClN4. The Balaban J connectivity index is 0.00000176. The summed E-state index contributed by atoms with van der Waals surface area (Å²) in [5, 5.41) is 8.14. The first-order valence-corrected chi connectivity index (χ1v) is 8.18. The maximum Gasteiger partial charge on any atom is 0.0646 e. The minimum Gasteiger partial charge on any atom is -0.312 e. The van der Waals surface area contributed by atoms with Crippen LogP contribution in [0.15, 0.2) is 34.9 Å². The summed E-state index contributed by atoms with van der Waals surface area (Å²) in [6.45, 7) is 8.59. The summed E-state index contributed by atoms with van der Waals surface area (Å²) >= 11 is 3.47. The van der Waals surface area contributed by atoms with Gasteiger partial charge in [-0.2, -0.15) is 5.10 Å². The van der Waals surface area contributed by atoms with Crippen molar-refractivity contribution in [2.75, 3.05) is 19.6 Å². The predicted molar refractivity (Wildman–Crippen MR) is 96.0 cm³/mol. The van der Waals surface area contributed by atoms with Crippen molar-refractivity contribution in [3.63, 3.8) is 0 Å². The van der Waals surface area contributed by atoms with Crippen LogP contribution in [0.3, 0.4) is 0 Å². The van der Waals surface area contributed by atoms with E-state index in [1.165, 1.54) is 5.56 Å². The number of benzene rings is 1. The summed E-state index contributed by atoms with van der Waals surface area (Å²) in [7, 11) is 0. The molecule has 1 aromatic heterocycles. The third kappa shape index (κ3) is 4.10. The number of nitrogens with one attached hydrogen (secondary N) is 1. The fraction of sp³-hybridized carbons (Fsp3) is 0.438. The molecule has 0 aliphatic carbocycles. The molecule has 3 rings (SSSR count). The van der Waals surface area contributed by atoms with Gasteiger partial charge in [-0.1, -0.05) is 15.9 Å².